The third kappa shape index (κ3) is 2.72. The number of hydrogen-bond acceptors (Lipinski definition) is 3. The summed E-state index contributed by atoms with van der Waals surface area (Å²) in [5.74, 6) is 0.276. The summed E-state index contributed by atoms with van der Waals surface area (Å²) in [6.07, 6.45) is 3.35. The lowest BCUT2D eigenvalue weighted by Gasteiger charge is -2.19. The lowest BCUT2D eigenvalue weighted by atomic mass is 10.0. The van der Waals surface area contributed by atoms with Crippen LogP contribution in [0.15, 0.2) is 42.6 Å². The van der Waals surface area contributed by atoms with Crippen LogP contribution in [0.2, 0.25) is 5.02 Å². The van der Waals surface area contributed by atoms with E-state index in [-0.39, 0.29) is 11.4 Å². The van der Waals surface area contributed by atoms with Gasteiger partial charge in [-0.3, -0.25) is 4.79 Å². The van der Waals surface area contributed by atoms with Crippen molar-refractivity contribution >= 4 is 17.5 Å². The Bertz CT molecular complexity index is 683. The van der Waals surface area contributed by atoms with Crippen molar-refractivity contribution in [3.63, 3.8) is 0 Å². The fraction of sp³-hybridized carbons (Fsp3) is 0.250. The minimum Gasteiger partial charge on any atom is -0.481 e. The Balaban J connectivity index is 1.83. The molecule has 1 heterocycles. The number of nitrogens with zero attached hydrogens (tertiary/aromatic N) is 1. The van der Waals surface area contributed by atoms with Crippen molar-refractivity contribution in [3.05, 3.63) is 58.7 Å². The quantitative estimate of drug-likeness (QED) is 0.944. The highest BCUT2D eigenvalue weighted by atomic mass is 35.5. The average molecular weight is 303 g/mol. The van der Waals surface area contributed by atoms with Crippen molar-refractivity contribution in [3.8, 4) is 5.88 Å². The van der Waals surface area contributed by atoms with E-state index >= 15 is 0 Å². The molecule has 3 rings (SSSR count). The maximum Gasteiger partial charge on any atom is 0.252 e. The molecule has 0 spiro atoms. The summed E-state index contributed by atoms with van der Waals surface area (Å²) in [7, 11) is 1.52. The number of carbonyl (C=O) groups is 1. The number of benzene rings is 1. The third-order valence-corrected chi connectivity index (χ3v) is 4.03. The maximum absolute atomic E-state index is 12.4. The van der Waals surface area contributed by atoms with E-state index < -0.39 is 0 Å². The second-order valence-corrected chi connectivity index (χ2v) is 5.51. The largest absolute Gasteiger partial charge is 0.481 e. The number of nitrogens with one attached hydrogen (secondary N) is 1. The maximum atomic E-state index is 12.4. The zero-order valence-corrected chi connectivity index (χ0v) is 12.4. The van der Waals surface area contributed by atoms with Gasteiger partial charge in [-0.1, -0.05) is 29.8 Å². The zero-order chi connectivity index (χ0) is 14.9. The van der Waals surface area contributed by atoms with Crippen molar-refractivity contribution in [1.29, 1.82) is 0 Å². The predicted octanol–water partition coefficient (Wildman–Crippen LogP) is 3.16. The van der Waals surface area contributed by atoms with Gasteiger partial charge in [0.05, 0.1) is 12.6 Å². The van der Waals surface area contributed by atoms with E-state index in [4.69, 9.17) is 16.3 Å². The van der Waals surface area contributed by atoms with Crippen LogP contribution in [0.25, 0.3) is 0 Å². The standard InChI is InChI=1S/C16H15ClN2O2/c1-21-14-10-11(6-9-18-14)15(20)19-16(7-8-16)12-4-2-3-5-13(12)17/h2-6,9-10H,7-8H2,1H3,(H,19,20). The molecule has 0 saturated heterocycles. The normalized spacial score (nSPS) is 15.3. The van der Waals surface area contributed by atoms with Gasteiger partial charge in [0.1, 0.15) is 0 Å². The minimum absolute atomic E-state index is 0.145. The van der Waals surface area contributed by atoms with Gasteiger partial charge in [-0.05, 0) is 30.5 Å². The van der Waals surface area contributed by atoms with Crippen LogP contribution in [0.4, 0.5) is 0 Å². The molecule has 108 valence electrons. The monoisotopic (exact) mass is 302 g/mol. The first-order valence-electron chi connectivity index (χ1n) is 6.72. The Morgan fingerprint density at radius 1 is 1.33 bits per heavy atom. The van der Waals surface area contributed by atoms with Crippen LogP contribution in [-0.2, 0) is 5.54 Å². The van der Waals surface area contributed by atoms with Crippen LogP contribution in [0, 0.1) is 0 Å². The summed E-state index contributed by atoms with van der Waals surface area (Å²) in [5, 5.41) is 3.77. The number of ether oxygens (including phenoxy) is 1. The Morgan fingerprint density at radius 2 is 2.10 bits per heavy atom. The third-order valence-electron chi connectivity index (χ3n) is 3.70. The first kappa shape index (κ1) is 13.9. The molecule has 4 nitrogen and oxygen atoms in total. The molecule has 1 N–H and O–H groups in total. The molecule has 1 aliphatic rings. The van der Waals surface area contributed by atoms with E-state index in [9.17, 15) is 4.79 Å². The van der Waals surface area contributed by atoms with E-state index in [1.165, 1.54) is 7.11 Å². The number of carbonyl (C=O) groups excluding carboxylic acids is 1. The van der Waals surface area contributed by atoms with Crippen molar-refractivity contribution in [2.24, 2.45) is 0 Å². The van der Waals surface area contributed by atoms with Gasteiger partial charge in [0.25, 0.3) is 5.91 Å². The summed E-state index contributed by atoms with van der Waals surface area (Å²) in [6.45, 7) is 0. The molecule has 0 bridgehead atoms. The number of pyridine rings is 1. The summed E-state index contributed by atoms with van der Waals surface area (Å²) in [5.41, 5.74) is 1.16. The molecule has 0 radical (unpaired) electrons. The highest BCUT2D eigenvalue weighted by Gasteiger charge is 2.46. The Hall–Kier alpha value is -2.07. The van der Waals surface area contributed by atoms with Gasteiger partial charge in [0, 0.05) is 22.8 Å². The highest BCUT2D eigenvalue weighted by Crippen LogP contribution is 2.48. The lowest BCUT2D eigenvalue weighted by molar-refractivity contribution is 0.0930. The molecule has 1 aliphatic carbocycles. The van der Waals surface area contributed by atoms with Crippen LogP contribution >= 0.6 is 11.6 Å². The summed E-state index contributed by atoms with van der Waals surface area (Å²) in [6, 6.07) is 10.9. The summed E-state index contributed by atoms with van der Waals surface area (Å²) >= 11 is 6.24. The molecule has 1 saturated carbocycles. The SMILES string of the molecule is COc1cc(C(=O)NC2(c3ccccc3Cl)CC2)ccn1. The molecule has 5 heteroatoms. The second-order valence-electron chi connectivity index (χ2n) is 5.10. The molecule has 1 amide bonds. The van der Waals surface area contributed by atoms with Crippen LogP contribution in [0.3, 0.4) is 0 Å². The van der Waals surface area contributed by atoms with Gasteiger partial charge in [0.2, 0.25) is 5.88 Å². The number of hydrogen-bond donors (Lipinski definition) is 1. The molecular weight excluding hydrogens is 288 g/mol. The molecule has 0 unspecified atom stereocenters. The Labute approximate surface area is 128 Å². The van der Waals surface area contributed by atoms with E-state index in [0.717, 1.165) is 18.4 Å². The van der Waals surface area contributed by atoms with Gasteiger partial charge < -0.3 is 10.1 Å². The highest BCUT2D eigenvalue weighted by molar-refractivity contribution is 6.31. The van der Waals surface area contributed by atoms with Crippen molar-refractivity contribution in [2.75, 3.05) is 7.11 Å². The summed E-state index contributed by atoms with van der Waals surface area (Å²) in [4.78, 5) is 16.4. The first-order valence-corrected chi connectivity index (χ1v) is 7.10. The van der Waals surface area contributed by atoms with Crippen molar-refractivity contribution in [2.45, 2.75) is 18.4 Å². The molecule has 1 fully saturated rings. The Kier molecular flexibility index (Phi) is 3.55. The zero-order valence-electron chi connectivity index (χ0n) is 11.6. The molecule has 0 aliphatic heterocycles. The van der Waals surface area contributed by atoms with Gasteiger partial charge >= 0.3 is 0 Å². The van der Waals surface area contributed by atoms with Crippen LogP contribution in [0.5, 0.6) is 5.88 Å². The number of halogens is 1. The van der Waals surface area contributed by atoms with Crippen LogP contribution < -0.4 is 10.1 Å². The van der Waals surface area contributed by atoms with Gasteiger partial charge in [0.15, 0.2) is 0 Å². The van der Waals surface area contributed by atoms with E-state index in [0.29, 0.717) is 16.5 Å². The minimum atomic E-state index is -0.341. The van der Waals surface area contributed by atoms with Gasteiger partial charge in [-0.15, -0.1) is 0 Å². The number of methoxy groups -OCH3 is 1. The smallest absolute Gasteiger partial charge is 0.252 e. The second kappa shape index (κ2) is 5.37. The topological polar surface area (TPSA) is 51.2 Å². The lowest BCUT2D eigenvalue weighted by Crippen LogP contribution is -2.35. The first-order chi connectivity index (χ1) is 10.1. The fourth-order valence-electron chi connectivity index (χ4n) is 2.39. The van der Waals surface area contributed by atoms with Gasteiger partial charge in [-0.25, -0.2) is 4.98 Å². The summed E-state index contributed by atoms with van der Waals surface area (Å²) < 4.78 is 5.04. The number of amides is 1. The molecular formula is C16H15ClN2O2. The van der Waals surface area contributed by atoms with Crippen molar-refractivity contribution in [1.82, 2.24) is 10.3 Å². The fourth-order valence-corrected chi connectivity index (χ4v) is 2.70. The van der Waals surface area contributed by atoms with E-state index in [2.05, 4.69) is 10.3 Å². The van der Waals surface area contributed by atoms with E-state index in [1.54, 1.807) is 18.3 Å². The number of aromatic nitrogens is 1. The Morgan fingerprint density at radius 3 is 2.76 bits per heavy atom. The average Bonchev–Trinajstić information content (AvgIpc) is 3.28. The molecule has 2 aromatic rings. The molecule has 1 aromatic heterocycles. The van der Waals surface area contributed by atoms with Crippen LogP contribution in [0.1, 0.15) is 28.8 Å². The van der Waals surface area contributed by atoms with Gasteiger partial charge in [-0.2, -0.15) is 0 Å². The molecule has 0 atom stereocenters. The molecule has 1 aromatic carbocycles. The van der Waals surface area contributed by atoms with Crippen LogP contribution in [-0.4, -0.2) is 18.0 Å². The van der Waals surface area contributed by atoms with Crippen molar-refractivity contribution < 1.29 is 9.53 Å². The predicted molar refractivity (Wildman–Crippen MR) is 80.6 cm³/mol. The molecule has 21 heavy (non-hydrogen) atoms. The van der Waals surface area contributed by atoms with E-state index in [1.807, 2.05) is 24.3 Å². The number of rotatable bonds is 4.